The zero-order valence-corrected chi connectivity index (χ0v) is 17.0. The fraction of sp³-hybridized carbons (Fsp3) is 0.136. The molecule has 0 saturated heterocycles. The van der Waals surface area contributed by atoms with Crippen molar-refractivity contribution in [3.8, 4) is 17.3 Å². The molecule has 7 nitrogen and oxygen atoms in total. The highest BCUT2D eigenvalue weighted by atomic mass is 32.2. The van der Waals surface area contributed by atoms with Crippen molar-refractivity contribution in [2.24, 2.45) is 0 Å². The number of nitro groups is 1. The number of aryl methyl sites for hydroxylation is 1. The molecule has 3 aromatic rings. The molecule has 0 fully saturated rings. The Labute approximate surface area is 177 Å². The van der Waals surface area contributed by atoms with Crippen LogP contribution in [0.15, 0.2) is 65.7 Å². The van der Waals surface area contributed by atoms with E-state index in [1.54, 1.807) is 13.0 Å². The van der Waals surface area contributed by atoms with Gasteiger partial charge in [0.25, 0.3) is 5.69 Å². The Bertz CT molecular complexity index is 1130. The number of thioether (sulfide) groups is 1. The van der Waals surface area contributed by atoms with Gasteiger partial charge in [-0.2, -0.15) is 5.26 Å². The lowest BCUT2D eigenvalue weighted by molar-refractivity contribution is -0.384. The number of anilines is 1. The summed E-state index contributed by atoms with van der Waals surface area (Å²) < 4.78 is 0. The predicted octanol–water partition coefficient (Wildman–Crippen LogP) is 4.96. The third-order valence-corrected chi connectivity index (χ3v) is 5.31. The fourth-order valence-electron chi connectivity index (χ4n) is 2.76. The summed E-state index contributed by atoms with van der Waals surface area (Å²) in [6, 6.07) is 19.6. The highest BCUT2D eigenvalue weighted by Gasteiger charge is 2.12. The molecule has 1 aromatic heterocycles. The first-order valence-electron chi connectivity index (χ1n) is 9.12. The second kappa shape index (κ2) is 9.67. The molecule has 1 amide bonds. The Morgan fingerprint density at radius 1 is 1.20 bits per heavy atom. The maximum absolute atomic E-state index is 12.3. The molecule has 0 saturated carbocycles. The second-order valence-corrected chi connectivity index (χ2v) is 7.51. The van der Waals surface area contributed by atoms with Gasteiger partial charge in [-0.25, -0.2) is 4.98 Å². The van der Waals surface area contributed by atoms with E-state index in [9.17, 15) is 20.2 Å². The predicted molar refractivity (Wildman–Crippen MR) is 116 cm³/mol. The summed E-state index contributed by atoms with van der Waals surface area (Å²) >= 11 is 1.35. The molecule has 0 aliphatic carbocycles. The number of carbonyl (C=O) groups is 1. The molecule has 1 N–H and O–H groups in total. The largest absolute Gasteiger partial charge is 0.326 e. The van der Waals surface area contributed by atoms with Crippen LogP contribution in [0.2, 0.25) is 0 Å². The van der Waals surface area contributed by atoms with Crippen LogP contribution in [0.25, 0.3) is 11.3 Å². The van der Waals surface area contributed by atoms with E-state index in [0.717, 1.165) is 11.3 Å². The van der Waals surface area contributed by atoms with Crippen LogP contribution in [0.4, 0.5) is 11.4 Å². The van der Waals surface area contributed by atoms with E-state index in [-0.39, 0.29) is 18.0 Å². The standard InChI is InChI=1S/C22H18N4O3S/c1-15-13-18(26(28)29)8-10-19(15)24-21(27)11-12-30-22-17(14-23)7-9-20(25-22)16-5-3-2-4-6-16/h2-10,13H,11-12H2,1H3,(H,24,27). The van der Waals surface area contributed by atoms with Gasteiger partial charge in [-0.15, -0.1) is 11.8 Å². The van der Waals surface area contributed by atoms with Crippen LogP contribution in [-0.4, -0.2) is 21.6 Å². The minimum atomic E-state index is -0.474. The third kappa shape index (κ3) is 5.21. The van der Waals surface area contributed by atoms with Crippen LogP contribution in [-0.2, 0) is 4.79 Å². The first-order chi connectivity index (χ1) is 14.5. The van der Waals surface area contributed by atoms with Crippen molar-refractivity contribution in [3.63, 3.8) is 0 Å². The maximum atomic E-state index is 12.3. The molecular weight excluding hydrogens is 400 g/mol. The molecule has 0 spiro atoms. The molecule has 1 heterocycles. The zero-order chi connectivity index (χ0) is 21.5. The third-order valence-electron chi connectivity index (χ3n) is 4.31. The Morgan fingerprint density at radius 2 is 1.97 bits per heavy atom. The number of hydrogen-bond acceptors (Lipinski definition) is 6. The van der Waals surface area contributed by atoms with Crippen molar-refractivity contribution in [1.82, 2.24) is 4.98 Å². The lowest BCUT2D eigenvalue weighted by Gasteiger charge is -2.09. The number of nitrogens with one attached hydrogen (secondary N) is 1. The SMILES string of the molecule is Cc1cc([N+](=O)[O-])ccc1NC(=O)CCSc1nc(-c2ccccc2)ccc1C#N. The minimum absolute atomic E-state index is 0.0190. The Hall–Kier alpha value is -3.70. The van der Waals surface area contributed by atoms with Gasteiger partial charge in [0.2, 0.25) is 5.91 Å². The van der Waals surface area contributed by atoms with E-state index in [1.807, 2.05) is 36.4 Å². The van der Waals surface area contributed by atoms with Gasteiger partial charge < -0.3 is 5.32 Å². The quantitative estimate of drug-likeness (QED) is 0.330. The lowest BCUT2D eigenvalue weighted by Crippen LogP contribution is -2.13. The number of pyridine rings is 1. The topological polar surface area (TPSA) is 109 Å². The zero-order valence-electron chi connectivity index (χ0n) is 16.2. The fourth-order valence-corrected chi connectivity index (χ4v) is 3.67. The Kier molecular flexibility index (Phi) is 6.78. The number of benzene rings is 2. The van der Waals surface area contributed by atoms with E-state index in [1.165, 1.54) is 30.0 Å². The number of nitrogens with zero attached hydrogens (tertiary/aromatic N) is 3. The van der Waals surface area contributed by atoms with Crippen molar-refractivity contribution < 1.29 is 9.72 Å². The molecule has 0 bridgehead atoms. The number of nitro benzene ring substituents is 1. The molecule has 0 aliphatic heterocycles. The number of aromatic nitrogens is 1. The molecular formula is C22H18N4O3S. The Morgan fingerprint density at radius 3 is 2.63 bits per heavy atom. The van der Waals surface area contributed by atoms with E-state index in [0.29, 0.717) is 27.6 Å². The highest BCUT2D eigenvalue weighted by Crippen LogP contribution is 2.26. The van der Waals surface area contributed by atoms with Crippen LogP contribution in [0.5, 0.6) is 0 Å². The van der Waals surface area contributed by atoms with Crippen LogP contribution in [0.1, 0.15) is 17.5 Å². The number of rotatable bonds is 7. The maximum Gasteiger partial charge on any atom is 0.269 e. The average molecular weight is 418 g/mol. The van der Waals surface area contributed by atoms with Gasteiger partial charge >= 0.3 is 0 Å². The van der Waals surface area contributed by atoms with Crippen molar-refractivity contribution in [1.29, 1.82) is 5.26 Å². The van der Waals surface area contributed by atoms with Crippen LogP contribution < -0.4 is 5.32 Å². The number of amides is 1. The molecule has 8 heteroatoms. The molecule has 0 aliphatic rings. The first-order valence-corrected chi connectivity index (χ1v) is 10.1. The van der Waals surface area contributed by atoms with Crippen LogP contribution in [0.3, 0.4) is 0 Å². The molecule has 0 unspecified atom stereocenters. The number of nitriles is 1. The van der Waals surface area contributed by atoms with E-state index in [2.05, 4.69) is 16.4 Å². The minimum Gasteiger partial charge on any atom is -0.326 e. The molecule has 0 atom stereocenters. The highest BCUT2D eigenvalue weighted by molar-refractivity contribution is 7.99. The van der Waals surface area contributed by atoms with Crippen LogP contribution >= 0.6 is 11.8 Å². The van der Waals surface area contributed by atoms with Gasteiger partial charge in [0.1, 0.15) is 11.1 Å². The van der Waals surface area contributed by atoms with Gasteiger partial charge in [0, 0.05) is 35.6 Å². The normalized spacial score (nSPS) is 10.3. The van der Waals surface area contributed by atoms with E-state index < -0.39 is 4.92 Å². The summed E-state index contributed by atoms with van der Waals surface area (Å²) in [7, 11) is 0. The average Bonchev–Trinajstić information content (AvgIpc) is 2.75. The van der Waals surface area contributed by atoms with Crippen molar-refractivity contribution in [2.45, 2.75) is 18.4 Å². The Balaban J connectivity index is 1.63. The van der Waals surface area contributed by atoms with Gasteiger partial charge in [-0.1, -0.05) is 30.3 Å². The second-order valence-electron chi connectivity index (χ2n) is 6.43. The van der Waals surface area contributed by atoms with Crippen molar-refractivity contribution in [3.05, 3.63) is 81.9 Å². The summed E-state index contributed by atoms with van der Waals surface area (Å²) in [4.78, 5) is 27.2. The molecule has 2 aromatic carbocycles. The number of hydrogen-bond donors (Lipinski definition) is 1. The first kappa shape index (κ1) is 21.0. The van der Waals surface area contributed by atoms with Gasteiger partial charge in [0.15, 0.2) is 0 Å². The monoisotopic (exact) mass is 418 g/mol. The summed E-state index contributed by atoms with van der Waals surface area (Å²) in [6.07, 6.45) is 0.212. The molecule has 3 rings (SSSR count). The summed E-state index contributed by atoms with van der Waals surface area (Å²) in [5, 5.41) is 23.5. The summed E-state index contributed by atoms with van der Waals surface area (Å²) in [5.74, 6) is 0.231. The molecule has 30 heavy (non-hydrogen) atoms. The summed E-state index contributed by atoms with van der Waals surface area (Å²) in [5.41, 5.74) is 3.32. The van der Waals surface area contributed by atoms with Crippen molar-refractivity contribution >= 4 is 29.0 Å². The van der Waals surface area contributed by atoms with Gasteiger partial charge in [-0.3, -0.25) is 14.9 Å². The van der Waals surface area contributed by atoms with Gasteiger partial charge in [-0.05, 0) is 30.7 Å². The van der Waals surface area contributed by atoms with Crippen molar-refractivity contribution in [2.75, 3.05) is 11.1 Å². The van der Waals surface area contributed by atoms with Gasteiger partial charge in [0.05, 0.1) is 16.2 Å². The molecule has 150 valence electrons. The smallest absolute Gasteiger partial charge is 0.269 e. The molecule has 0 radical (unpaired) electrons. The van der Waals surface area contributed by atoms with E-state index in [4.69, 9.17) is 0 Å². The van der Waals surface area contributed by atoms with E-state index >= 15 is 0 Å². The van der Waals surface area contributed by atoms with Crippen LogP contribution in [0, 0.1) is 28.4 Å². The lowest BCUT2D eigenvalue weighted by atomic mass is 10.1. The number of carbonyl (C=O) groups excluding carboxylic acids is 1. The number of non-ortho nitro benzene ring substituents is 1. The summed E-state index contributed by atoms with van der Waals surface area (Å²) in [6.45, 7) is 1.70.